The average molecular weight is 291 g/mol. The van der Waals surface area contributed by atoms with Gasteiger partial charge in [0.05, 0.1) is 0 Å². The molecule has 1 aromatic rings. The van der Waals surface area contributed by atoms with Gasteiger partial charge in [0, 0.05) is 6.20 Å². The monoisotopic (exact) mass is 291 g/mol. The molecule has 0 fully saturated rings. The van der Waals surface area contributed by atoms with E-state index in [0.717, 1.165) is 6.07 Å². The average Bonchev–Trinajstić information content (AvgIpc) is 2.48. The lowest BCUT2D eigenvalue weighted by molar-refractivity contribution is 0.0572. The lowest BCUT2D eigenvalue weighted by Crippen LogP contribution is -2.26. The van der Waals surface area contributed by atoms with E-state index in [1.165, 1.54) is 18.3 Å². The van der Waals surface area contributed by atoms with Crippen molar-refractivity contribution >= 4 is 5.97 Å². The zero-order valence-corrected chi connectivity index (χ0v) is 9.62. The second-order valence-electron chi connectivity index (χ2n) is 3.75. The second kappa shape index (κ2) is 5.40. The molecule has 0 radical (unpaired) electrons. The molecule has 0 saturated heterocycles. The molecule has 1 heterocycles. The number of hydrogen-bond donors (Lipinski definition) is 0. The largest absolute Gasteiger partial charge is 0.416 e. The molecule has 2 rings (SSSR count). The highest BCUT2D eigenvalue weighted by molar-refractivity contribution is 5.88. The van der Waals surface area contributed by atoms with E-state index in [2.05, 4.69) is 9.72 Å². The number of nitrogens with zero attached hydrogens (tertiary/aromatic N) is 1. The molecule has 0 bridgehead atoms. The van der Waals surface area contributed by atoms with Crippen molar-refractivity contribution in [2.75, 3.05) is 0 Å². The Morgan fingerprint density at radius 3 is 2.35 bits per heavy atom. The van der Waals surface area contributed by atoms with E-state index in [-0.39, 0.29) is 5.69 Å². The number of alkyl halides is 2. The van der Waals surface area contributed by atoms with E-state index in [9.17, 15) is 26.7 Å². The Morgan fingerprint density at radius 2 is 1.75 bits per heavy atom. The van der Waals surface area contributed by atoms with Crippen molar-refractivity contribution in [2.24, 2.45) is 0 Å². The lowest BCUT2D eigenvalue weighted by atomic mass is 10.1. The second-order valence-corrected chi connectivity index (χ2v) is 3.75. The lowest BCUT2D eigenvalue weighted by Gasteiger charge is -2.19. The Labute approximate surface area is 109 Å². The zero-order chi connectivity index (χ0) is 14.9. The summed E-state index contributed by atoms with van der Waals surface area (Å²) in [7, 11) is 0. The van der Waals surface area contributed by atoms with Gasteiger partial charge in [-0.25, -0.2) is 27.3 Å². The van der Waals surface area contributed by atoms with Gasteiger partial charge in [-0.15, -0.1) is 0 Å². The third-order valence-corrected chi connectivity index (χ3v) is 2.44. The van der Waals surface area contributed by atoms with E-state index in [1.54, 1.807) is 0 Å². The summed E-state index contributed by atoms with van der Waals surface area (Å²) in [5, 5.41) is 0. The van der Waals surface area contributed by atoms with Crippen LogP contribution in [0.25, 0.3) is 0 Å². The van der Waals surface area contributed by atoms with Crippen LogP contribution in [-0.2, 0) is 4.74 Å². The molecule has 1 aliphatic rings. The molecular formula is C12H6F5NO2. The van der Waals surface area contributed by atoms with Gasteiger partial charge < -0.3 is 4.74 Å². The normalized spacial score (nSPS) is 23.1. The van der Waals surface area contributed by atoms with Gasteiger partial charge in [-0.3, -0.25) is 0 Å². The molecule has 0 amide bonds. The van der Waals surface area contributed by atoms with Gasteiger partial charge in [0.25, 0.3) is 0 Å². The van der Waals surface area contributed by atoms with Gasteiger partial charge in [-0.1, -0.05) is 6.07 Å². The third-order valence-electron chi connectivity index (χ3n) is 2.44. The van der Waals surface area contributed by atoms with Crippen molar-refractivity contribution in [1.29, 1.82) is 0 Å². The van der Waals surface area contributed by atoms with Crippen LogP contribution in [-0.4, -0.2) is 23.3 Å². The van der Waals surface area contributed by atoms with Gasteiger partial charge >= 0.3 is 5.97 Å². The molecule has 1 aromatic heterocycles. The molecule has 0 aromatic carbocycles. The number of allylic oxidation sites excluding steroid dienone is 3. The molecule has 2 atom stereocenters. The van der Waals surface area contributed by atoms with Crippen LogP contribution in [0.15, 0.2) is 47.6 Å². The Kier molecular flexibility index (Phi) is 3.82. The summed E-state index contributed by atoms with van der Waals surface area (Å²) in [5.74, 6) is -9.22. The fourth-order valence-corrected chi connectivity index (χ4v) is 1.44. The van der Waals surface area contributed by atoms with E-state index in [1.807, 2.05) is 0 Å². The number of carbonyl (C=O) groups is 1. The van der Waals surface area contributed by atoms with Gasteiger partial charge in [0.2, 0.25) is 11.6 Å². The first-order valence-electron chi connectivity index (χ1n) is 5.30. The van der Waals surface area contributed by atoms with Crippen molar-refractivity contribution in [3.8, 4) is 0 Å². The van der Waals surface area contributed by atoms with Crippen LogP contribution in [0.5, 0.6) is 0 Å². The van der Waals surface area contributed by atoms with Gasteiger partial charge in [0.1, 0.15) is 5.69 Å². The Morgan fingerprint density at radius 1 is 1.10 bits per heavy atom. The summed E-state index contributed by atoms with van der Waals surface area (Å²) in [4.78, 5) is 15.0. The van der Waals surface area contributed by atoms with Crippen LogP contribution in [0.4, 0.5) is 22.0 Å². The number of halogens is 5. The predicted molar refractivity (Wildman–Crippen MR) is 56.8 cm³/mol. The van der Waals surface area contributed by atoms with Crippen molar-refractivity contribution < 1.29 is 31.5 Å². The van der Waals surface area contributed by atoms with Gasteiger partial charge in [-0.05, 0) is 12.1 Å². The first kappa shape index (κ1) is 14.2. The number of esters is 1. The minimum absolute atomic E-state index is 0.334. The number of aromatic nitrogens is 1. The molecule has 2 unspecified atom stereocenters. The molecule has 20 heavy (non-hydrogen) atoms. The molecule has 0 aliphatic heterocycles. The van der Waals surface area contributed by atoms with Crippen molar-refractivity contribution in [3.63, 3.8) is 0 Å². The quantitative estimate of drug-likeness (QED) is 0.620. The van der Waals surface area contributed by atoms with E-state index < -0.39 is 41.6 Å². The van der Waals surface area contributed by atoms with Crippen molar-refractivity contribution in [2.45, 2.75) is 12.3 Å². The van der Waals surface area contributed by atoms with Gasteiger partial charge in [-0.2, -0.15) is 4.39 Å². The summed E-state index contributed by atoms with van der Waals surface area (Å²) in [6.45, 7) is 0. The maximum Gasteiger partial charge on any atom is 0.362 e. The van der Waals surface area contributed by atoms with Crippen molar-refractivity contribution in [3.05, 3.63) is 53.3 Å². The highest BCUT2D eigenvalue weighted by atomic mass is 19.2. The first-order valence-corrected chi connectivity index (χ1v) is 5.30. The molecule has 0 spiro atoms. The van der Waals surface area contributed by atoms with Gasteiger partial charge in [0.15, 0.2) is 24.0 Å². The predicted octanol–water partition coefficient (Wildman–Crippen LogP) is 3.26. The van der Waals surface area contributed by atoms with Crippen LogP contribution in [0, 0.1) is 0 Å². The molecule has 106 valence electrons. The third kappa shape index (κ3) is 2.40. The van der Waals surface area contributed by atoms with Crippen LogP contribution in [0.2, 0.25) is 0 Å². The summed E-state index contributed by atoms with van der Waals surface area (Å²) in [5.41, 5.74) is -0.334. The van der Waals surface area contributed by atoms with Crippen LogP contribution >= 0.6 is 0 Å². The molecule has 3 nitrogen and oxygen atoms in total. The Balaban J connectivity index is 2.31. The minimum Gasteiger partial charge on any atom is -0.416 e. The standard InChI is InChI=1S/C12H6F5NO2/c13-6-7(14)9(16)11(10(17)8(6)15)20-12(19)5-3-1-2-4-18-5/h1-4,6-7H. The summed E-state index contributed by atoms with van der Waals surface area (Å²) in [6, 6.07) is 4.01. The molecule has 8 heteroatoms. The highest BCUT2D eigenvalue weighted by Gasteiger charge is 2.42. The first-order chi connectivity index (χ1) is 9.43. The maximum atomic E-state index is 13.3. The molecule has 0 N–H and O–H groups in total. The molecule has 0 saturated carbocycles. The summed E-state index contributed by atoms with van der Waals surface area (Å²) < 4.78 is 69.7. The number of carbonyl (C=O) groups excluding carboxylic acids is 1. The fourth-order valence-electron chi connectivity index (χ4n) is 1.44. The van der Waals surface area contributed by atoms with E-state index >= 15 is 0 Å². The smallest absolute Gasteiger partial charge is 0.362 e. The fraction of sp³-hybridized carbons (Fsp3) is 0.167. The SMILES string of the molecule is O=C(OC1=C(F)C(F)C(F)C(F)=C1F)c1ccccn1. The molecular weight excluding hydrogens is 285 g/mol. The van der Waals surface area contributed by atoms with Crippen LogP contribution < -0.4 is 0 Å². The van der Waals surface area contributed by atoms with E-state index in [4.69, 9.17) is 0 Å². The zero-order valence-electron chi connectivity index (χ0n) is 9.62. The van der Waals surface area contributed by atoms with Crippen molar-refractivity contribution in [1.82, 2.24) is 4.98 Å². The number of ether oxygens (including phenoxy) is 1. The number of rotatable bonds is 2. The van der Waals surface area contributed by atoms with E-state index in [0.29, 0.717) is 0 Å². The molecule has 1 aliphatic carbocycles. The summed E-state index contributed by atoms with van der Waals surface area (Å²) in [6.07, 6.45) is -4.97. The summed E-state index contributed by atoms with van der Waals surface area (Å²) >= 11 is 0. The minimum atomic E-state index is -3.10. The number of pyridine rings is 1. The highest BCUT2D eigenvalue weighted by Crippen LogP contribution is 2.37. The van der Waals surface area contributed by atoms with Crippen LogP contribution in [0.3, 0.4) is 0 Å². The number of hydrogen-bond acceptors (Lipinski definition) is 3. The Bertz CT molecular complexity index is 599. The topological polar surface area (TPSA) is 39.2 Å². The van der Waals surface area contributed by atoms with Crippen LogP contribution in [0.1, 0.15) is 10.5 Å². The maximum absolute atomic E-state index is 13.3. The Hall–Kier alpha value is -2.25.